The highest BCUT2D eigenvalue weighted by Gasteiger charge is 2.75. The number of likely N-dealkylation sites (tertiary alicyclic amines) is 1. The summed E-state index contributed by atoms with van der Waals surface area (Å²) in [5, 5.41) is 10.1. The average Bonchev–Trinajstić information content (AvgIpc) is 3.09. The highest BCUT2D eigenvalue weighted by atomic mass is 79.9. The first-order valence-corrected chi connectivity index (χ1v) is 12.0. The molecule has 1 N–H and O–H groups in total. The van der Waals surface area contributed by atoms with E-state index >= 15 is 0 Å². The number of aryl methyl sites for hydroxylation is 1. The molecule has 4 atom stereocenters. The van der Waals surface area contributed by atoms with Crippen molar-refractivity contribution in [2.24, 2.45) is 7.05 Å². The number of amides is 2. The van der Waals surface area contributed by atoms with E-state index in [-0.39, 0.29) is 24.2 Å². The molecule has 3 heterocycles. The van der Waals surface area contributed by atoms with Crippen molar-refractivity contribution in [2.75, 3.05) is 5.45 Å². The molecule has 0 spiro atoms. The predicted molar refractivity (Wildman–Crippen MR) is 124 cm³/mol. The molecule has 2 amide bonds. The molecule has 5 rings (SSSR count). The van der Waals surface area contributed by atoms with Gasteiger partial charge in [0.15, 0.2) is 9.75 Å². The van der Waals surface area contributed by atoms with E-state index in [4.69, 9.17) is 23.2 Å². The molecule has 1 aromatic heterocycles. The summed E-state index contributed by atoms with van der Waals surface area (Å²) in [5.74, 6) is -2.12. The lowest BCUT2D eigenvalue weighted by molar-refractivity contribution is -0.138. The molecule has 1 saturated heterocycles. The molecule has 9 nitrogen and oxygen atoms in total. The fourth-order valence-electron chi connectivity index (χ4n) is 5.36. The third-order valence-electron chi connectivity index (χ3n) is 7.03. The fraction of sp³-hybridized carbons (Fsp3) is 0.429. The van der Waals surface area contributed by atoms with Crippen molar-refractivity contribution in [2.45, 2.75) is 41.6 Å². The van der Waals surface area contributed by atoms with Gasteiger partial charge < -0.3 is 5.11 Å². The molecule has 1 saturated carbocycles. The number of halogens is 3. The van der Waals surface area contributed by atoms with Gasteiger partial charge in [0.2, 0.25) is 0 Å². The van der Waals surface area contributed by atoms with E-state index in [1.54, 1.807) is 25.1 Å². The van der Waals surface area contributed by atoms with Crippen LogP contribution in [0.15, 0.2) is 39.4 Å². The maximum atomic E-state index is 13.5. The molecule has 174 valence electrons. The Hall–Kier alpha value is -2.30. The van der Waals surface area contributed by atoms with Gasteiger partial charge in [-0.3, -0.25) is 14.5 Å². The number of phenolic OH excluding ortho intramolecular Hbond substituents is 1. The maximum Gasteiger partial charge on any atom is 0.347 e. The van der Waals surface area contributed by atoms with E-state index in [9.17, 15) is 24.3 Å². The highest BCUT2D eigenvalue weighted by Crippen LogP contribution is 2.63. The van der Waals surface area contributed by atoms with Crippen LogP contribution < -0.4 is 11.4 Å². The van der Waals surface area contributed by atoms with Gasteiger partial charge in [-0.15, -0.1) is 23.2 Å². The summed E-state index contributed by atoms with van der Waals surface area (Å²) < 4.78 is 3.58. The molecule has 4 unspecified atom stereocenters. The number of carbonyl (C=O) groups is 2. The zero-order valence-corrected chi connectivity index (χ0v) is 20.7. The lowest BCUT2D eigenvalue weighted by Gasteiger charge is -2.49. The fourth-order valence-corrected chi connectivity index (χ4v) is 6.76. The summed E-state index contributed by atoms with van der Waals surface area (Å²) in [6, 6.07) is 4.04. The summed E-state index contributed by atoms with van der Waals surface area (Å²) in [6.07, 6.45) is 1.63. The Kier molecular flexibility index (Phi) is 4.84. The van der Waals surface area contributed by atoms with Gasteiger partial charge in [0.05, 0.1) is 18.0 Å². The number of alkyl halides is 3. The second-order valence-corrected chi connectivity index (χ2v) is 10.4. The Labute approximate surface area is 205 Å². The number of rotatable bonds is 2. The molecular weight excluding hydrogens is 539 g/mol. The minimum Gasteiger partial charge on any atom is -0.508 e. The van der Waals surface area contributed by atoms with Crippen molar-refractivity contribution in [3.8, 4) is 5.75 Å². The van der Waals surface area contributed by atoms with E-state index in [0.29, 0.717) is 16.7 Å². The minimum absolute atomic E-state index is 0.0634. The molecule has 0 radical (unpaired) electrons. The minimum atomic E-state index is -1.87. The van der Waals surface area contributed by atoms with Crippen LogP contribution >= 0.6 is 39.1 Å². The zero-order chi connectivity index (χ0) is 24.0. The Bertz CT molecular complexity index is 1390. The number of nitrogens with zero attached hydrogens (tertiary/aromatic N) is 4. The third-order valence-corrected chi connectivity index (χ3v) is 8.94. The van der Waals surface area contributed by atoms with Gasteiger partial charge in [-0.1, -0.05) is 34.1 Å². The average molecular weight is 558 g/mol. The molecule has 33 heavy (non-hydrogen) atoms. The van der Waals surface area contributed by atoms with Gasteiger partial charge in [0.25, 0.3) is 11.8 Å². The van der Waals surface area contributed by atoms with Crippen LogP contribution in [0.25, 0.3) is 0 Å². The Morgan fingerprint density at radius 1 is 1.15 bits per heavy atom. The van der Waals surface area contributed by atoms with Gasteiger partial charge in [-0.05, 0) is 29.7 Å². The van der Waals surface area contributed by atoms with Gasteiger partial charge in [-0.2, -0.15) is 0 Å². The van der Waals surface area contributed by atoms with Crippen LogP contribution in [0.5, 0.6) is 5.75 Å². The normalized spacial score (nSPS) is 30.7. The van der Waals surface area contributed by atoms with Gasteiger partial charge >= 0.3 is 11.4 Å². The van der Waals surface area contributed by atoms with E-state index in [1.165, 1.54) is 22.5 Å². The molecule has 0 bridgehead atoms. The number of fused-ring (bicyclic) bond motifs is 4. The lowest BCUT2D eigenvalue weighted by atomic mass is 9.64. The summed E-state index contributed by atoms with van der Waals surface area (Å²) in [4.78, 5) is 49.7. The van der Waals surface area contributed by atoms with Crippen molar-refractivity contribution in [3.63, 3.8) is 0 Å². The highest BCUT2D eigenvalue weighted by molar-refractivity contribution is 9.09. The number of aromatic hydroxyl groups is 1. The van der Waals surface area contributed by atoms with Crippen molar-refractivity contribution < 1.29 is 14.7 Å². The number of aromatic nitrogens is 3. The van der Waals surface area contributed by atoms with E-state index in [2.05, 4.69) is 15.9 Å². The van der Waals surface area contributed by atoms with Crippen LogP contribution in [0, 0.1) is 6.92 Å². The molecular formula is C21H19BrCl2N4O5. The summed E-state index contributed by atoms with van der Waals surface area (Å²) >= 11 is 17.3. The molecule has 3 aliphatic rings. The summed E-state index contributed by atoms with van der Waals surface area (Å²) in [7, 11) is 1.38. The first-order valence-electron chi connectivity index (χ1n) is 10.2. The summed E-state index contributed by atoms with van der Waals surface area (Å²) in [6.45, 7) is 1.80. The topological polar surface area (TPSA) is 107 Å². The Morgan fingerprint density at radius 2 is 1.85 bits per heavy atom. The van der Waals surface area contributed by atoms with Crippen LogP contribution in [0.2, 0.25) is 0 Å². The number of hydrogen-bond donors (Lipinski definition) is 1. The van der Waals surface area contributed by atoms with Gasteiger partial charge in [-0.25, -0.2) is 23.5 Å². The summed E-state index contributed by atoms with van der Waals surface area (Å²) in [5.41, 5.74) is 0.612. The molecule has 2 aliphatic heterocycles. The van der Waals surface area contributed by atoms with Crippen molar-refractivity contribution >= 4 is 50.9 Å². The number of hydrogen-bond acceptors (Lipinski definition) is 5. The second kappa shape index (κ2) is 7.10. The monoisotopic (exact) mass is 556 g/mol. The Morgan fingerprint density at radius 3 is 2.48 bits per heavy atom. The third kappa shape index (κ3) is 2.60. The number of allylic oxidation sites excluding steroid dienone is 2. The molecule has 1 aliphatic carbocycles. The van der Waals surface area contributed by atoms with Gasteiger partial charge in [0, 0.05) is 19.4 Å². The van der Waals surface area contributed by atoms with Crippen LogP contribution in [-0.4, -0.2) is 51.0 Å². The SMILES string of the molecule is Cc1cc(C2C3=CCn4c(=O)n(C)c(=O)n4C3CC3(Cl)C(=O)N(CBr)C(=O)C23Cl)ccc1O. The van der Waals surface area contributed by atoms with Crippen LogP contribution in [0.1, 0.15) is 29.5 Å². The van der Waals surface area contributed by atoms with Crippen molar-refractivity contribution in [3.05, 3.63) is 61.9 Å². The quantitative estimate of drug-likeness (QED) is 0.262. The number of carbonyl (C=O) groups excluding carboxylic acids is 2. The molecule has 1 aromatic carbocycles. The van der Waals surface area contributed by atoms with Gasteiger partial charge in [0.1, 0.15) is 5.75 Å². The maximum absolute atomic E-state index is 13.5. The zero-order valence-electron chi connectivity index (χ0n) is 17.6. The molecule has 12 heteroatoms. The van der Waals surface area contributed by atoms with Crippen molar-refractivity contribution in [1.29, 1.82) is 0 Å². The Balaban J connectivity index is 1.82. The van der Waals surface area contributed by atoms with Crippen LogP contribution in [-0.2, 0) is 23.2 Å². The van der Waals surface area contributed by atoms with E-state index < -0.39 is 44.9 Å². The van der Waals surface area contributed by atoms with E-state index in [0.717, 1.165) is 9.47 Å². The predicted octanol–water partition coefficient (Wildman–Crippen LogP) is 1.71. The van der Waals surface area contributed by atoms with Crippen LogP contribution in [0.4, 0.5) is 0 Å². The second-order valence-electron chi connectivity index (χ2n) is 8.62. The number of phenols is 1. The lowest BCUT2D eigenvalue weighted by Crippen LogP contribution is -2.59. The molecule has 2 aromatic rings. The van der Waals surface area contributed by atoms with E-state index in [1.807, 2.05) is 0 Å². The standard InChI is InChI=1S/C21H19BrCl2N4O5/c1-10-7-11(3-4-14(10)29)15-12-5-6-27-18(32)25(2)19(33)28(27)13(12)8-20(23)16(30)26(9-22)17(31)21(15,20)24/h3-5,7,13,15,29H,6,8-9H2,1-2H3. The van der Waals surface area contributed by atoms with Crippen LogP contribution in [0.3, 0.4) is 0 Å². The van der Waals surface area contributed by atoms with Crippen molar-refractivity contribution in [1.82, 2.24) is 18.8 Å². The number of benzene rings is 1. The number of imide groups is 1. The molecule has 2 fully saturated rings. The largest absolute Gasteiger partial charge is 0.508 e. The first kappa shape index (κ1) is 22.5. The first-order chi connectivity index (χ1) is 15.5. The smallest absolute Gasteiger partial charge is 0.347 e.